The first-order chi connectivity index (χ1) is 14.3. The second-order valence-corrected chi connectivity index (χ2v) is 8.93. The quantitative estimate of drug-likeness (QED) is 0.742. The second-order valence-electron chi connectivity index (χ2n) is 8.55. The van der Waals surface area contributed by atoms with Crippen LogP contribution >= 0.6 is 12.2 Å². The molecule has 29 heavy (non-hydrogen) atoms. The van der Waals surface area contributed by atoms with Gasteiger partial charge in [-0.25, -0.2) is 0 Å². The summed E-state index contributed by atoms with van der Waals surface area (Å²) >= 11 is 5.89. The lowest BCUT2D eigenvalue weighted by atomic mass is 9.92. The van der Waals surface area contributed by atoms with Crippen molar-refractivity contribution in [2.45, 2.75) is 75.7 Å². The summed E-state index contributed by atoms with van der Waals surface area (Å²) in [6, 6.07) is 11.3. The summed E-state index contributed by atoms with van der Waals surface area (Å²) in [6.45, 7) is 1.81. The van der Waals surface area contributed by atoms with Crippen molar-refractivity contribution in [3.05, 3.63) is 54.1 Å². The van der Waals surface area contributed by atoms with Crippen LogP contribution in [0.15, 0.2) is 42.7 Å². The third-order valence-electron chi connectivity index (χ3n) is 6.70. The molecule has 0 bridgehead atoms. The van der Waals surface area contributed by atoms with E-state index in [9.17, 15) is 0 Å². The molecule has 6 heteroatoms. The summed E-state index contributed by atoms with van der Waals surface area (Å²) < 4.78 is 8.32. The Kier molecular flexibility index (Phi) is 5.55. The normalized spacial score (nSPS) is 28.1. The van der Waals surface area contributed by atoms with E-state index >= 15 is 0 Å². The molecule has 0 amide bonds. The zero-order valence-corrected chi connectivity index (χ0v) is 17.7. The van der Waals surface area contributed by atoms with Gasteiger partial charge in [0.2, 0.25) is 0 Å². The highest BCUT2D eigenvalue weighted by molar-refractivity contribution is 7.80. The fraction of sp³-hybridized carbons (Fsp3) is 0.565. The zero-order chi connectivity index (χ0) is 19.6. The molecule has 0 spiro atoms. The van der Waals surface area contributed by atoms with Gasteiger partial charge in [0.15, 0.2) is 5.11 Å². The van der Waals surface area contributed by atoms with Crippen LogP contribution in [-0.4, -0.2) is 38.3 Å². The minimum Gasteiger partial charge on any atom is -0.376 e. The van der Waals surface area contributed by atoms with E-state index in [1.807, 2.05) is 12.3 Å². The SMILES string of the molecule is S=C1N[C@@H](c2ccccn2)[C@H](c2cccn2C[C@@H]2CCCO2)N1C1CCCCC1. The monoisotopic (exact) mass is 410 g/mol. The van der Waals surface area contributed by atoms with Crippen molar-refractivity contribution in [1.29, 1.82) is 0 Å². The Morgan fingerprint density at radius 3 is 2.72 bits per heavy atom. The lowest BCUT2D eigenvalue weighted by Gasteiger charge is -2.37. The number of nitrogens with zero attached hydrogens (tertiary/aromatic N) is 3. The van der Waals surface area contributed by atoms with Crippen molar-refractivity contribution in [3.63, 3.8) is 0 Å². The Hall–Kier alpha value is -1.92. The van der Waals surface area contributed by atoms with Crippen LogP contribution in [-0.2, 0) is 11.3 Å². The molecule has 0 aromatic carbocycles. The van der Waals surface area contributed by atoms with Gasteiger partial charge >= 0.3 is 0 Å². The van der Waals surface area contributed by atoms with Crippen molar-refractivity contribution >= 4 is 17.3 Å². The number of pyridine rings is 1. The molecule has 1 saturated carbocycles. The Labute approximate surface area is 178 Å². The van der Waals surface area contributed by atoms with E-state index in [1.165, 1.54) is 44.2 Å². The minimum absolute atomic E-state index is 0.0729. The first-order valence-corrected chi connectivity index (χ1v) is 11.5. The van der Waals surface area contributed by atoms with E-state index in [1.54, 1.807) is 0 Å². The van der Waals surface area contributed by atoms with Gasteiger partial charge < -0.3 is 19.5 Å². The largest absolute Gasteiger partial charge is 0.376 e. The van der Waals surface area contributed by atoms with Crippen molar-refractivity contribution < 1.29 is 4.74 Å². The van der Waals surface area contributed by atoms with Crippen molar-refractivity contribution in [3.8, 4) is 0 Å². The number of ether oxygens (including phenoxy) is 1. The minimum atomic E-state index is 0.0729. The Bertz CT molecular complexity index is 826. The van der Waals surface area contributed by atoms with Gasteiger partial charge in [0.05, 0.1) is 23.9 Å². The number of hydrogen-bond donors (Lipinski definition) is 1. The van der Waals surface area contributed by atoms with Gasteiger partial charge in [-0.1, -0.05) is 25.3 Å². The first-order valence-electron chi connectivity index (χ1n) is 11.1. The Balaban J connectivity index is 1.51. The average Bonchev–Trinajstić information content (AvgIpc) is 3.50. The smallest absolute Gasteiger partial charge is 0.170 e. The maximum Gasteiger partial charge on any atom is 0.170 e. The van der Waals surface area contributed by atoms with Crippen LogP contribution in [0.5, 0.6) is 0 Å². The third kappa shape index (κ3) is 3.80. The van der Waals surface area contributed by atoms with Gasteiger partial charge in [-0.3, -0.25) is 4.98 Å². The highest BCUT2D eigenvalue weighted by atomic mass is 32.1. The van der Waals surface area contributed by atoms with E-state index < -0.39 is 0 Å². The van der Waals surface area contributed by atoms with Gasteiger partial charge in [-0.05, 0) is 62.2 Å². The number of hydrogen-bond acceptors (Lipinski definition) is 3. The lowest BCUT2D eigenvalue weighted by molar-refractivity contribution is 0.0945. The van der Waals surface area contributed by atoms with Gasteiger partial charge in [0.25, 0.3) is 0 Å². The van der Waals surface area contributed by atoms with Crippen LogP contribution in [0.2, 0.25) is 0 Å². The van der Waals surface area contributed by atoms with Crippen molar-refractivity contribution in [2.75, 3.05) is 6.61 Å². The molecule has 1 aliphatic carbocycles. The molecule has 5 rings (SSSR count). The summed E-state index contributed by atoms with van der Waals surface area (Å²) in [4.78, 5) is 7.18. The highest BCUT2D eigenvalue weighted by Gasteiger charge is 2.44. The second kappa shape index (κ2) is 8.44. The highest BCUT2D eigenvalue weighted by Crippen LogP contribution is 2.42. The predicted octanol–water partition coefficient (Wildman–Crippen LogP) is 4.37. The fourth-order valence-corrected chi connectivity index (χ4v) is 5.69. The summed E-state index contributed by atoms with van der Waals surface area (Å²) in [5.41, 5.74) is 2.37. The molecule has 2 aliphatic heterocycles. The number of aromatic nitrogens is 2. The molecule has 0 radical (unpaired) electrons. The van der Waals surface area contributed by atoms with Crippen LogP contribution in [0.25, 0.3) is 0 Å². The standard InChI is InChI=1S/C23H30N4OS/c29-23-25-21(19-11-4-5-13-24-19)22(27(23)17-8-2-1-3-9-17)20-12-6-14-26(20)16-18-10-7-15-28-18/h4-6,11-14,17-18,21-22H,1-3,7-10,15-16H2,(H,25,29)/t18-,21-,22-/m0/s1. The predicted molar refractivity (Wildman–Crippen MR) is 118 cm³/mol. The lowest BCUT2D eigenvalue weighted by Crippen LogP contribution is -2.41. The number of rotatable bonds is 5. The summed E-state index contributed by atoms with van der Waals surface area (Å²) in [7, 11) is 0. The van der Waals surface area contributed by atoms with Gasteiger partial charge in [-0.15, -0.1) is 0 Å². The molecular weight excluding hydrogens is 380 g/mol. The molecule has 5 nitrogen and oxygen atoms in total. The Morgan fingerprint density at radius 1 is 1.07 bits per heavy atom. The molecule has 1 N–H and O–H groups in total. The zero-order valence-electron chi connectivity index (χ0n) is 16.9. The van der Waals surface area contributed by atoms with Crippen LogP contribution in [0.3, 0.4) is 0 Å². The van der Waals surface area contributed by atoms with E-state index in [0.717, 1.165) is 30.4 Å². The molecule has 4 heterocycles. The molecule has 2 aromatic rings. The van der Waals surface area contributed by atoms with E-state index in [0.29, 0.717) is 12.1 Å². The Morgan fingerprint density at radius 2 is 1.97 bits per heavy atom. The van der Waals surface area contributed by atoms with E-state index in [2.05, 4.69) is 50.2 Å². The molecule has 3 atom stereocenters. The van der Waals surface area contributed by atoms with E-state index in [4.69, 9.17) is 17.0 Å². The molecule has 0 unspecified atom stereocenters. The number of thiocarbonyl (C=S) groups is 1. The summed E-state index contributed by atoms with van der Waals surface area (Å²) in [5.74, 6) is 0. The summed E-state index contributed by atoms with van der Waals surface area (Å²) in [6.07, 6.45) is 13.1. The first kappa shape index (κ1) is 19.1. The maximum atomic E-state index is 5.93. The van der Waals surface area contributed by atoms with E-state index in [-0.39, 0.29) is 12.1 Å². The maximum absolute atomic E-state index is 5.93. The van der Waals surface area contributed by atoms with Gasteiger partial charge in [-0.2, -0.15) is 0 Å². The van der Waals surface area contributed by atoms with Crippen LogP contribution in [0.1, 0.15) is 68.4 Å². The van der Waals surface area contributed by atoms with Crippen molar-refractivity contribution in [2.24, 2.45) is 0 Å². The summed E-state index contributed by atoms with van der Waals surface area (Å²) in [5, 5.41) is 4.50. The van der Waals surface area contributed by atoms with Crippen LogP contribution in [0, 0.1) is 0 Å². The molecular formula is C23H30N4OS. The van der Waals surface area contributed by atoms with Crippen molar-refractivity contribution in [1.82, 2.24) is 19.8 Å². The third-order valence-corrected chi connectivity index (χ3v) is 7.02. The molecule has 2 saturated heterocycles. The average molecular weight is 411 g/mol. The number of nitrogens with one attached hydrogen (secondary N) is 1. The topological polar surface area (TPSA) is 42.3 Å². The fourth-order valence-electron chi connectivity index (χ4n) is 5.30. The molecule has 3 fully saturated rings. The van der Waals surface area contributed by atoms with Gasteiger partial charge in [0, 0.05) is 37.3 Å². The molecule has 3 aliphatic rings. The van der Waals surface area contributed by atoms with Crippen LogP contribution < -0.4 is 5.32 Å². The van der Waals surface area contributed by atoms with Crippen LogP contribution in [0.4, 0.5) is 0 Å². The molecule has 2 aromatic heterocycles. The molecule has 154 valence electrons. The van der Waals surface area contributed by atoms with Gasteiger partial charge in [0.1, 0.15) is 0 Å².